The third-order valence-corrected chi connectivity index (χ3v) is 4.90. The van der Waals surface area contributed by atoms with E-state index in [2.05, 4.69) is 73.8 Å². The van der Waals surface area contributed by atoms with Gasteiger partial charge in [0.15, 0.2) is 0 Å². The Hall–Kier alpha value is -2.87. The molecule has 1 heterocycles. The van der Waals surface area contributed by atoms with Gasteiger partial charge < -0.3 is 5.32 Å². The van der Waals surface area contributed by atoms with Gasteiger partial charge in [-0.05, 0) is 42.2 Å². The molecule has 0 bridgehead atoms. The van der Waals surface area contributed by atoms with Crippen LogP contribution < -0.4 is 5.32 Å². The summed E-state index contributed by atoms with van der Waals surface area (Å²) >= 11 is 0. The lowest BCUT2D eigenvalue weighted by Gasteiger charge is -2.27. The number of benzene rings is 3. The third kappa shape index (κ3) is 2.23. The molecule has 118 valence electrons. The van der Waals surface area contributed by atoms with Crippen molar-refractivity contribution in [2.45, 2.75) is 19.4 Å². The summed E-state index contributed by atoms with van der Waals surface area (Å²) in [6.07, 6.45) is 0. The second-order valence-electron chi connectivity index (χ2n) is 6.62. The molecule has 0 amide bonds. The van der Waals surface area contributed by atoms with Gasteiger partial charge >= 0.3 is 0 Å². The summed E-state index contributed by atoms with van der Waals surface area (Å²) in [5, 5.41) is 11.7. The van der Waals surface area contributed by atoms with Gasteiger partial charge in [0.05, 0.1) is 5.54 Å². The molecule has 0 aromatic heterocycles. The van der Waals surface area contributed by atoms with Gasteiger partial charge in [0.25, 0.3) is 0 Å². The average Bonchev–Trinajstić information content (AvgIpc) is 2.88. The Labute approximate surface area is 142 Å². The minimum Gasteiger partial charge on any atom is -0.357 e. The number of amidine groups is 1. The van der Waals surface area contributed by atoms with Crippen LogP contribution in [0.1, 0.15) is 29.2 Å². The smallest absolute Gasteiger partial charge is 0.126 e. The van der Waals surface area contributed by atoms with E-state index in [1.165, 1.54) is 22.3 Å². The van der Waals surface area contributed by atoms with Gasteiger partial charge in [-0.15, -0.1) is 0 Å². The normalized spacial score (nSPS) is 19.0. The highest BCUT2D eigenvalue weighted by molar-refractivity contribution is 6.02. The zero-order valence-corrected chi connectivity index (χ0v) is 13.9. The molecule has 4 rings (SSSR count). The predicted molar refractivity (Wildman–Crippen MR) is 99.5 cm³/mol. The Morgan fingerprint density at radius 3 is 2.33 bits per heavy atom. The van der Waals surface area contributed by atoms with Crippen LogP contribution in [0.15, 0.2) is 72.8 Å². The Morgan fingerprint density at radius 1 is 0.833 bits per heavy atom. The molecule has 1 aliphatic rings. The summed E-state index contributed by atoms with van der Waals surface area (Å²) in [6.45, 7) is 4.27. The minimum atomic E-state index is -0.368. The van der Waals surface area contributed by atoms with Gasteiger partial charge in [-0.1, -0.05) is 72.3 Å². The fourth-order valence-electron chi connectivity index (χ4n) is 3.58. The summed E-state index contributed by atoms with van der Waals surface area (Å²) < 4.78 is 0. The standard InChI is InChI=1S/C22H20N2/c1-15-7-5-8-16(13-15)17-9-6-10-18(14-17)22(2)20-12-4-3-11-19(20)21(23)24-22/h3-14H,1-2H3,(H2,23,24). The molecule has 0 radical (unpaired) electrons. The van der Waals surface area contributed by atoms with E-state index in [1.54, 1.807) is 0 Å². The Kier molecular flexibility index (Phi) is 3.27. The maximum Gasteiger partial charge on any atom is 0.126 e. The van der Waals surface area contributed by atoms with Crippen LogP contribution in [0.4, 0.5) is 0 Å². The summed E-state index contributed by atoms with van der Waals surface area (Å²) in [6, 6.07) is 25.3. The topological polar surface area (TPSA) is 35.9 Å². The van der Waals surface area contributed by atoms with Crippen molar-refractivity contribution in [1.29, 1.82) is 5.41 Å². The molecule has 2 N–H and O–H groups in total. The lowest BCUT2D eigenvalue weighted by Crippen LogP contribution is -2.37. The molecule has 0 fully saturated rings. The van der Waals surface area contributed by atoms with E-state index in [1.807, 2.05) is 18.2 Å². The van der Waals surface area contributed by atoms with Crippen molar-refractivity contribution < 1.29 is 0 Å². The first-order valence-electron chi connectivity index (χ1n) is 8.22. The fourth-order valence-corrected chi connectivity index (χ4v) is 3.58. The summed E-state index contributed by atoms with van der Waals surface area (Å²) in [5.41, 5.74) is 6.65. The molecular formula is C22H20N2. The molecule has 2 heteroatoms. The zero-order chi connectivity index (χ0) is 16.7. The molecule has 0 spiro atoms. The van der Waals surface area contributed by atoms with Crippen molar-refractivity contribution in [1.82, 2.24) is 5.32 Å². The Morgan fingerprint density at radius 2 is 1.54 bits per heavy atom. The maximum atomic E-state index is 8.27. The van der Waals surface area contributed by atoms with Crippen molar-refractivity contribution in [3.63, 3.8) is 0 Å². The molecule has 1 atom stereocenters. The summed E-state index contributed by atoms with van der Waals surface area (Å²) in [5.74, 6) is 0.494. The highest BCUT2D eigenvalue weighted by atomic mass is 15.1. The molecule has 1 aliphatic heterocycles. The van der Waals surface area contributed by atoms with Crippen LogP contribution in [0.2, 0.25) is 0 Å². The van der Waals surface area contributed by atoms with Crippen molar-refractivity contribution in [2.75, 3.05) is 0 Å². The minimum absolute atomic E-state index is 0.368. The lowest BCUT2D eigenvalue weighted by atomic mass is 9.84. The molecule has 0 saturated heterocycles. The van der Waals surface area contributed by atoms with Crippen LogP contribution in [0.3, 0.4) is 0 Å². The highest BCUT2D eigenvalue weighted by Crippen LogP contribution is 2.37. The number of fused-ring (bicyclic) bond motifs is 1. The number of aryl methyl sites for hydroxylation is 1. The van der Waals surface area contributed by atoms with Gasteiger partial charge in [0.2, 0.25) is 0 Å². The fraction of sp³-hybridized carbons (Fsp3) is 0.136. The van der Waals surface area contributed by atoms with Gasteiger partial charge in [-0.2, -0.15) is 0 Å². The quantitative estimate of drug-likeness (QED) is 0.697. The van der Waals surface area contributed by atoms with E-state index < -0.39 is 0 Å². The molecule has 2 nitrogen and oxygen atoms in total. The van der Waals surface area contributed by atoms with E-state index in [-0.39, 0.29) is 5.54 Å². The summed E-state index contributed by atoms with van der Waals surface area (Å²) in [4.78, 5) is 0. The Balaban J connectivity index is 1.84. The van der Waals surface area contributed by atoms with E-state index in [9.17, 15) is 0 Å². The largest absolute Gasteiger partial charge is 0.357 e. The van der Waals surface area contributed by atoms with Crippen LogP contribution in [-0.4, -0.2) is 5.84 Å². The molecule has 0 saturated carbocycles. The van der Waals surface area contributed by atoms with Gasteiger partial charge in [-0.3, -0.25) is 5.41 Å². The third-order valence-electron chi connectivity index (χ3n) is 4.90. The van der Waals surface area contributed by atoms with Crippen molar-refractivity contribution >= 4 is 5.84 Å². The van der Waals surface area contributed by atoms with Crippen LogP contribution >= 0.6 is 0 Å². The van der Waals surface area contributed by atoms with Crippen LogP contribution in [0.25, 0.3) is 11.1 Å². The lowest BCUT2D eigenvalue weighted by molar-refractivity contribution is 0.550. The predicted octanol–water partition coefficient (Wildman–Crippen LogP) is 4.85. The molecule has 24 heavy (non-hydrogen) atoms. The number of rotatable bonds is 2. The molecule has 3 aromatic rings. The van der Waals surface area contributed by atoms with E-state index in [4.69, 9.17) is 5.41 Å². The van der Waals surface area contributed by atoms with Crippen LogP contribution in [-0.2, 0) is 5.54 Å². The molecular weight excluding hydrogens is 292 g/mol. The van der Waals surface area contributed by atoms with Crippen molar-refractivity contribution in [3.05, 3.63) is 95.1 Å². The van der Waals surface area contributed by atoms with E-state index in [0.29, 0.717) is 5.84 Å². The number of hydrogen-bond acceptors (Lipinski definition) is 1. The molecule has 0 aliphatic carbocycles. The first-order valence-corrected chi connectivity index (χ1v) is 8.22. The number of hydrogen-bond donors (Lipinski definition) is 2. The number of nitrogens with one attached hydrogen (secondary N) is 2. The first-order chi connectivity index (χ1) is 11.6. The second-order valence-corrected chi connectivity index (χ2v) is 6.62. The average molecular weight is 312 g/mol. The van der Waals surface area contributed by atoms with Crippen LogP contribution in [0, 0.1) is 12.3 Å². The van der Waals surface area contributed by atoms with Gasteiger partial charge in [-0.25, -0.2) is 0 Å². The summed E-state index contributed by atoms with van der Waals surface area (Å²) in [7, 11) is 0. The molecule has 1 unspecified atom stereocenters. The second kappa shape index (κ2) is 5.34. The van der Waals surface area contributed by atoms with E-state index >= 15 is 0 Å². The van der Waals surface area contributed by atoms with Crippen molar-refractivity contribution in [3.8, 4) is 11.1 Å². The highest BCUT2D eigenvalue weighted by Gasteiger charge is 2.38. The maximum absolute atomic E-state index is 8.27. The van der Waals surface area contributed by atoms with E-state index in [0.717, 1.165) is 11.1 Å². The van der Waals surface area contributed by atoms with Crippen LogP contribution in [0.5, 0.6) is 0 Å². The Bertz CT molecular complexity index is 942. The monoisotopic (exact) mass is 312 g/mol. The SMILES string of the molecule is Cc1cccc(-c2cccc(C3(C)NC(=N)c4ccccc43)c2)c1. The molecule has 3 aromatic carbocycles. The van der Waals surface area contributed by atoms with Crippen molar-refractivity contribution in [2.24, 2.45) is 0 Å². The van der Waals surface area contributed by atoms with Gasteiger partial charge in [0.1, 0.15) is 5.84 Å². The van der Waals surface area contributed by atoms with Gasteiger partial charge in [0, 0.05) is 5.56 Å². The zero-order valence-electron chi connectivity index (χ0n) is 13.9. The first kappa shape index (κ1) is 14.7.